The second-order valence-electron chi connectivity index (χ2n) is 5.16. The Labute approximate surface area is 130 Å². The highest BCUT2D eigenvalue weighted by atomic mass is 32.2. The van der Waals surface area contributed by atoms with E-state index in [4.69, 9.17) is 4.74 Å². The smallest absolute Gasteiger partial charge is 0.321 e. The fraction of sp³-hybridized carbons (Fsp3) is 0.312. The Balaban J connectivity index is 2.33. The molecule has 1 aromatic rings. The minimum Gasteiger partial charge on any atom is -0.464 e. The van der Waals surface area contributed by atoms with Crippen molar-refractivity contribution in [3.05, 3.63) is 54.1 Å². The Bertz CT molecular complexity index is 689. The fourth-order valence-electron chi connectivity index (χ4n) is 2.04. The van der Waals surface area contributed by atoms with E-state index in [0.717, 1.165) is 9.87 Å². The summed E-state index contributed by atoms with van der Waals surface area (Å²) in [4.78, 5) is 11.9. The van der Waals surface area contributed by atoms with Crippen LogP contribution < -0.4 is 0 Å². The first-order valence-electron chi connectivity index (χ1n) is 6.96. The van der Waals surface area contributed by atoms with Gasteiger partial charge in [0, 0.05) is 6.54 Å². The number of carbonyl (C=O) groups is 1. The predicted octanol–water partition coefficient (Wildman–Crippen LogP) is 2.05. The average molecular weight is 321 g/mol. The molecule has 5 nitrogen and oxygen atoms in total. The lowest BCUT2D eigenvalue weighted by atomic mass is 10.2. The zero-order chi connectivity index (χ0) is 16.2. The molecular weight excluding hydrogens is 302 g/mol. The van der Waals surface area contributed by atoms with E-state index in [1.54, 1.807) is 18.2 Å². The van der Waals surface area contributed by atoms with Crippen LogP contribution in [0.5, 0.6) is 0 Å². The molecule has 0 aromatic heterocycles. The number of ether oxygens (including phenoxy) is 1. The van der Waals surface area contributed by atoms with E-state index in [-0.39, 0.29) is 24.6 Å². The number of rotatable bonds is 2. The SMILES string of the molecule is C=C1/C=C\CCOC(=O)CN(S(=O)(=O)c2ccc(C)cc2)C1. The molecule has 1 heterocycles. The lowest BCUT2D eigenvalue weighted by Crippen LogP contribution is -2.38. The highest BCUT2D eigenvalue weighted by molar-refractivity contribution is 7.89. The zero-order valence-corrected chi connectivity index (χ0v) is 13.3. The predicted molar refractivity (Wildman–Crippen MR) is 83.8 cm³/mol. The largest absolute Gasteiger partial charge is 0.464 e. The number of hydrogen-bond acceptors (Lipinski definition) is 4. The summed E-state index contributed by atoms with van der Waals surface area (Å²) < 4.78 is 31.5. The summed E-state index contributed by atoms with van der Waals surface area (Å²) in [5, 5.41) is 0. The van der Waals surface area contributed by atoms with Crippen molar-refractivity contribution in [1.29, 1.82) is 0 Å². The second kappa shape index (κ2) is 6.89. The Morgan fingerprint density at radius 3 is 2.55 bits per heavy atom. The van der Waals surface area contributed by atoms with Crippen LogP contribution in [0.4, 0.5) is 0 Å². The molecule has 6 heteroatoms. The van der Waals surface area contributed by atoms with Crippen molar-refractivity contribution in [2.75, 3.05) is 19.7 Å². The molecule has 0 aliphatic carbocycles. The number of hydrogen-bond donors (Lipinski definition) is 0. The standard InChI is InChI=1S/C16H19NO4S/c1-13-6-8-15(9-7-13)22(19,20)17-11-14(2)5-3-4-10-21-16(18)12-17/h3,5-9H,2,4,10-12H2,1H3/b5-3-. The molecule has 1 aromatic carbocycles. The van der Waals surface area contributed by atoms with Gasteiger partial charge >= 0.3 is 5.97 Å². The first-order chi connectivity index (χ1) is 10.4. The minimum atomic E-state index is -3.77. The molecule has 0 fully saturated rings. The van der Waals surface area contributed by atoms with E-state index in [1.807, 2.05) is 13.0 Å². The van der Waals surface area contributed by atoms with E-state index in [2.05, 4.69) is 6.58 Å². The third-order valence-corrected chi connectivity index (χ3v) is 5.05. The van der Waals surface area contributed by atoms with Gasteiger partial charge in [0.25, 0.3) is 0 Å². The van der Waals surface area contributed by atoms with Crippen molar-refractivity contribution in [1.82, 2.24) is 4.31 Å². The van der Waals surface area contributed by atoms with Crippen LogP contribution in [-0.2, 0) is 19.6 Å². The van der Waals surface area contributed by atoms with Crippen LogP contribution in [0.25, 0.3) is 0 Å². The molecule has 118 valence electrons. The number of carbonyl (C=O) groups excluding carboxylic acids is 1. The molecule has 0 N–H and O–H groups in total. The van der Waals surface area contributed by atoms with Gasteiger partial charge in [-0.3, -0.25) is 4.79 Å². The van der Waals surface area contributed by atoms with Gasteiger partial charge in [0.05, 0.1) is 11.5 Å². The molecule has 0 atom stereocenters. The Hall–Kier alpha value is -1.92. The molecule has 22 heavy (non-hydrogen) atoms. The molecule has 0 amide bonds. The van der Waals surface area contributed by atoms with Gasteiger partial charge in [-0.05, 0) is 31.1 Å². The maximum atomic E-state index is 12.7. The van der Waals surface area contributed by atoms with Crippen LogP contribution >= 0.6 is 0 Å². The van der Waals surface area contributed by atoms with E-state index in [0.29, 0.717) is 12.0 Å². The first kappa shape index (κ1) is 16.5. The van der Waals surface area contributed by atoms with E-state index >= 15 is 0 Å². The van der Waals surface area contributed by atoms with Crippen molar-refractivity contribution in [3.8, 4) is 0 Å². The molecule has 1 aliphatic heterocycles. The Morgan fingerprint density at radius 2 is 1.86 bits per heavy atom. The molecule has 0 saturated carbocycles. The third kappa shape index (κ3) is 4.05. The summed E-state index contributed by atoms with van der Waals surface area (Å²) >= 11 is 0. The van der Waals surface area contributed by atoms with Gasteiger partial charge in [-0.2, -0.15) is 4.31 Å². The summed E-state index contributed by atoms with van der Waals surface area (Å²) in [7, 11) is -3.77. The van der Waals surface area contributed by atoms with Gasteiger partial charge in [0.2, 0.25) is 10.0 Å². The topological polar surface area (TPSA) is 63.7 Å². The van der Waals surface area contributed by atoms with Gasteiger partial charge < -0.3 is 4.74 Å². The van der Waals surface area contributed by atoms with Gasteiger partial charge in [0.1, 0.15) is 6.54 Å². The number of benzene rings is 1. The molecule has 0 saturated heterocycles. The van der Waals surface area contributed by atoms with Crippen LogP contribution in [0, 0.1) is 6.92 Å². The van der Waals surface area contributed by atoms with Crippen LogP contribution in [-0.4, -0.2) is 38.4 Å². The zero-order valence-electron chi connectivity index (χ0n) is 12.5. The number of nitrogens with zero attached hydrogens (tertiary/aromatic N) is 1. The molecule has 0 unspecified atom stereocenters. The van der Waals surface area contributed by atoms with E-state index < -0.39 is 16.0 Å². The van der Waals surface area contributed by atoms with Gasteiger partial charge in [0.15, 0.2) is 0 Å². The summed E-state index contributed by atoms with van der Waals surface area (Å²) in [6, 6.07) is 6.52. The van der Waals surface area contributed by atoms with E-state index in [9.17, 15) is 13.2 Å². The third-order valence-electron chi connectivity index (χ3n) is 3.24. The second-order valence-corrected chi connectivity index (χ2v) is 7.09. The lowest BCUT2D eigenvalue weighted by molar-refractivity contribution is -0.143. The molecule has 1 aliphatic rings. The molecule has 2 rings (SSSR count). The number of cyclic esters (lactones) is 1. The molecule has 0 spiro atoms. The van der Waals surface area contributed by atoms with Gasteiger partial charge in [-0.25, -0.2) is 8.42 Å². The van der Waals surface area contributed by atoms with Crippen LogP contribution in [0.3, 0.4) is 0 Å². The normalized spacial score (nSPS) is 19.5. The summed E-state index contributed by atoms with van der Waals surface area (Å²) in [6.07, 6.45) is 4.17. The quantitative estimate of drug-likeness (QED) is 0.782. The van der Waals surface area contributed by atoms with Gasteiger partial charge in [-0.15, -0.1) is 0 Å². The lowest BCUT2D eigenvalue weighted by Gasteiger charge is -2.22. The first-order valence-corrected chi connectivity index (χ1v) is 8.40. The van der Waals surface area contributed by atoms with Crippen molar-refractivity contribution in [2.45, 2.75) is 18.2 Å². The minimum absolute atomic E-state index is 0.0574. The molecular formula is C16H19NO4S. The summed E-state index contributed by atoms with van der Waals surface area (Å²) in [5.41, 5.74) is 1.59. The van der Waals surface area contributed by atoms with E-state index in [1.165, 1.54) is 12.1 Å². The number of sulfonamides is 1. The summed E-state index contributed by atoms with van der Waals surface area (Å²) in [6.45, 7) is 5.70. The van der Waals surface area contributed by atoms with Crippen LogP contribution in [0.15, 0.2) is 53.5 Å². The average Bonchev–Trinajstić information content (AvgIpc) is 2.46. The van der Waals surface area contributed by atoms with Crippen LogP contribution in [0.1, 0.15) is 12.0 Å². The van der Waals surface area contributed by atoms with Crippen molar-refractivity contribution in [3.63, 3.8) is 0 Å². The number of aryl methyl sites for hydroxylation is 1. The van der Waals surface area contributed by atoms with Crippen LogP contribution in [0.2, 0.25) is 0 Å². The highest BCUT2D eigenvalue weighted by Crippen LogP contribution is 2.18. The Morgan fingerprint density at radius 1 is 1.18 bits per heavy atom. The van der Waals surface area contributed by atoms with Crippen molar-refractivity contribution < 1.29 is 17.9 Å². The molecule has 0 bridgehead atoms. The fourth-order valence-corrected chi connectivity index (χ4v) is 3.43. The van der Waals surface area contributed by atoms with Gasteiger partial charge in [-0.1, -0.05) is 36.4 Å². The maximum Gasteiger partial charge on any atom is 0.321 e. The van der Waals surface area contributed by atoms with Crippen molar-refractivity contribution >= 4 is 16.0 Å². The number of esters is 1. The van der Waals surface area contributed by atoms with Crippen molar-refractivity contribution in [2.24, 2.45) is 0 Å². The highest BCUT2D eigenvalue weighted by Gasteiger charge is 2.27. The maximum absolute atomic E-state index is 12.7. The monoisotopic (exact) mass is 321 g/mol. The Kier molecular flexibility index (Phi) is 5.15. The summed E-state index contributed by atoms with van der Waals surface area (Å²) in [5.74, 6) is -0.557. The molecule has 0 radical (unpaired) electrons.